The van der Waals surface area contributed by atoms with Crippen LogP contribution in [0.1, 0.15) is 16.1 Å². The van der Waals surface area contributed by atoms with E-state index in [9.17, 15) is 4.79 Å². The number of esters is 1. The molecular weight excluding hydrogens is 404 g/mol. The molecule has 0 atom stereocenters. The van der Waals surface area contributed by atoms with Gasteiger partial charge in [0.25, 0.3) is 0 Å². The highest BCUT2D eigenvalue weighted by atomic mass is 35.5. The summed E-state index contributed by atoms with van der Waals surface area (Å²) in [4.78, 5) is 14.5. The molecule has 0 unspecified atom stereocenters. The molecule has 0 aliphatic heterocycles. The molecule has 0 N–H and O–H groups in total. The highest BCUT2D eigenvalue weighted by molar-refractivity contribution is 7.99. The first-order chi connectivity index (χ1) is 14.1. The quantitative estimate of drug-likeness (QED) is 0.360. The average molecular weight is 421 g/mol. The maximum atomic E-state index is 12.8. The fourth-order valence-corrected chi connectivity index (χ4v) is 3.82. The standard InChI is InChI=1S/C23H17ClN2O2S/c1-16-21(29-20-14-12-18(24)13-15-20)22(26(25-16)19-10-6-3-7-11-19)28-23(27)17-8-4-2-5-9-17/h2-15H,1H3. The van der Waals surface area contributed by atoms with Crippen LogP contribution in [0.4, 0.5) is 0 Å². The van der Waals surface area contributed by atoms with Crippen molar-refractivity contribution in [1.82, 2.24) is 9.78 Å². The Morgan fingerprint density at radius 3 is 2.21 bits per heavy atom. The van der Waals surface area contributed by atoms with Crippen LogP contribution in [0.3, 0.4) is 0 Å². The summed E-state index contributed by atoms with van der Waals surface area (Å²) in [5, 5.41) is 5.30. The van der Waals surface area contributed by atoms with E-state index in [1.807, 2.05) is 67.6 Å². The SMILES string of the molecule is Cc1nn(-c2ccccc2)c(OC(=O)c2ccccc2)c1Sc1ccc(Cl)cc1. The van der Waals surface area contributed by atoms with Gasteiger partial charge in [0.2, 0.25) is 5.88 Å². The number of aromatic nitrogens is 2. The summed E-state index contributed by atoms with van der Waals surface area (Å²) in [5.74, 6) is -0.0388. The fourth-order valence-electron chi connectivity index (χ4n) is 2.78. The third kappa shape index (κ3) is 4.36. The normalized spacial score (nSPS) is 10.7. The third-order valence-electron chi connectivity index (χ3n) is 4.20. The van der Waals surface area contributed by atoms with Crippen LogP contribution in [0.5, 0.6) is 5.88 Å². The number of para-hydroxylation sites is 1. The molecule has 0 aliphatic rings. The van der Waals surface area contributed by atoms with Crippen LogP contribution < -0.4 is 4.74 Å². The van der Waals surface area contributed by atoms with E-state index in [-0.39, 0.29) is 0 Å². The molecule has 0 radical (unpaired) electrons. The van der Waals surface area contributed by atoms with Crippen LogP contribution >= 0.6 is 23.4 Å². The summed E-state index contributed by atoms with van der Waals surface area (Å²) in [6, 6.07) is 26.0. The third-order valence-corrected chi connectivity index (χ3v) is 5.63. The molecule has 4 nitrogen and oxygen atoms in total. The lowest BCUT2D eigenvalue weighted by Crippen LogP contribution is -2.12. The number of benzene rings is 3. The molecule has 0 saturated heterocycles. The molecule has 1 heterocycles. The molecule has 144 valence electrons. The molecule has 0 saturated carbocycles. The summed E-state index contributed by atoms with van der Waals surface area (Å²) >= 11 is 7.49. The van der Waals surface area contributed by atoms with E-state index in [1.165, 1.54) is 11.8 Å². The number of carbonyl (C=O) groups is 1. The Labute approximate surface area is 178 Å². The molecule has 0 fully saturated rings. The molecule has 4 aromatic rings. The predicted molar refractivity (Wildman–Crippen MR) is 115 cm³/mol. The molecule has 0 spiro atoms. The second kappa shape index (κ2) is 8.55. The van der Waals surface area contributed by atoms with Gasteiger partial charge in [0.15, 0.2) is 0 Å². The fraction of sp³-hybridized carbons (Fsp3) is 0.0435. The van der Waals surface area contributed by atoms with Gasteiger partial charge in [-0.2, -0.15) is 9.78 Å². The number of hydrogen-bond acceptors (Lipinski definition) is 4. The van der Waals surface area contributed by atoms with Crippen LogP contribution in [0.2, 0.25) is 5.02 Å². The van der Waals surface area contributed by atoms with E-state index in [1.54, 1.807) is 28.9 Å². The summed E-state index contributed by atoms with van der Waals surface area (Å²) in [6.45, 7) is 1.90. The van der Waals surface area contributed by atoms with E-state index in [2.05, 4.69) is 5.10 Å². The Morgan fingerprint density at radius 1 is 0.931 bits per heavy atom. The second-order valence-corrected chi connectivity index (χ2v) is 7.80. The number of rotatable bonds is 5. The summed E-state index contributed by atoms with van der Waals surface area (Å²) < 4.78 is 7.51. The first-order valence-electron chi connectivity index (χ1n) is 8.97. The van der Waals surface area contributed by atoms with Crippen molar-refractivity contribution in [2.24, 2.45) is 0 Å². The van der Waals surface area contributed by atoms with Gasteiger partial charge in [-0.15, -0.1) is 0 Å². The van der Waals surface area contributed by atoms with Crippen LogP contribution in [-0.2, 0) is 0 Å². The van der Waals surface area contributed by atoms with Crippen molar-refractivity contribution in [2.75, 3.05) is 0 Å². The maximum Gasteiger partial charge on any atom is 0.344 e. The molecular formula is C23H17ClN2O2S. The summed E-state index contributed by atoms with van der Waals surface area (Å²) in [7, 11) is 0. The molecule has 0 amide bonds. The first-order valence-corrected chi connectivity index (χ1v) is 10.2. The Hall–Kier alpha value is -3.02. The van der Waals surface area contributed by atoms with Gasteiger partial charge in [0, 0.05) is 9.92 Å². The molecule has 1 aromatic heterocycles. The molecule has 3 aromatic carbocycles. The number of hydrogen-bond donors (Lipinski definition) is 0. The number of halogens is 1. The molecule has 0 aliphatic carbocycles. The van der Waals surface area contributed by atoms with Gasteiger partial charge in [-0.1, -0.05) is 59.8 Å². The summed E-state index contributed by atoms with van der Waals surface area (Å²) in [5.41, 5.74) is 2.06. The van der Waals surface area contributed by atoms with Crippen molar-refractivity contribution in [1.29, 1.82) is 0 Å². The number of nitrogens with zero attached hydrogens (tertiary/aromatic N) is 2. The van der Waals surface area contributed by atoms with Crippen molar-refractivity contribution >= 4 is 29.3 Å². The lowest BCUT2D eigenvalue weighted by Gasteiger charge is -2.10. The highest BCUT2D eigenvalue weighted by Gasteiger charge is 2.22. The minimum Gasteiger partial charge on any atom is -0.402 e. The maximum absolute atomic E-state index is 12.8. The molecule has 29 heavy (non-hydrogen) atoms. The highest BCUT2D eigenvalue weighted by Crippen LogP contribution is 2.39. The minimum absolute atomic E-state index is 0.391. The molecule has 4 rings (SSSR count). The van der Waals surface area contributed by atoms with Crippen LogP contribution in [0, 0.1) is 6.92 Å². The van der Waals surface area contributed by atoms with Crippen molar-refractivity contribution in [3.63, 3.8) is 0 Å². The molecule has 0 bridgehead atoms. The average Bonchev–Trinajstić information content (AvgIpc) is 3.06. The van der Waals surface area contributed by atoms with Crippen molar-refractivity contribution < 1.29 is 9.53 Å². The van der Waals surface area contributed by atoms with Gasteiger partial charge < -0.3 is 4.74 Å². The first kappa shape index (κ1) is 19.3. The van der Waals surface area contributed by atoms with Gasteiger partial charge >= 0.3 is 5.97 Å². The van der Waals surface area contributed by atoms with E-state index >= 15 is 0 Å². The second-order valence-electron chi connectivity index (χ2n) is 6.28. The minimum atomic E-state index is -0.430. The Kier molecular flexibility index (Phi) is 5.69. The lowest BCUT2D eigenvalue weighted by molar-refractivity contribution is 0.0718. The van der Waals surface area contributed by atoms with Crippen molar-refractivity contribution in [2.45, 2.75) is 16.7 Å². The van der Waals surface area contributed by atoms with Gasteiger partial charge in [-0.3, -0.25) is 0 Å². The number of aryl methyl sites for hydroxylation is 1. The summed E-state index contributed by atoms with van der Waals surface area (Å²) in [6.07, 6.45) is 0. The Morgan fingerprint density at radius 2 is 1.55 bits per heavy atom. The monoisotopic (exact) mass is 420 g/mol. The zero-order valence-electron chi connectivity index (χ0n) is 15.6. The van der Waals surface area contributed by atoms with E-state index in [0.29, 0.717) is 16.5 Å². The van der Waals surface area contributed by atoms with Crippen molar-refractivity contribution in [3.05, 3.63) is 101 Å². The van der Waals surface area contributed by atoms with Gasteiger partial charge in [-0.05, 0) is 55.5 Å². The van der Waals surface area contributed by atoms with E-state index < -0.39 is 5.97 Å². The molecule has 6 heteroatoms. The number of carbonyl (C=O) groups excluding carboxylic acids is 1. The topological polar surface area (TPSA) is 44.1 Å². The Balaban J connectivity index is 1.76. The van der Waals surface area contributed by atoms with Gasteiger partial charge in [0.1, 0.15) is 0 Å². The van der Waals surface area contributed by atoms with Crippen molar-refractivity contribution in [3.8, 4) is 11.6 Å². The number of ether oxygens (including phenoxy) is 1. The zero-order chi connectivity index (χ0) is 20.2. The van der Waals surface area contributed by atoms with E-state index in [0.717, 1.165) is 21.2 Å². The lowest BCUT2D eigenvalue weighted by atomic mass is 10.2. The Bertz CT molecular complexity index is 1130. The van der Waals surface area contributed by atoms with Crippen LogP contribution in [-0.4, -0.2) is 15.7 Å². The predicted octanol–water partition coefficient (Wildman–Crippen LogP) is 6.20. The largest absolute Gasteiger partial charge is 0.402 e. The zero-order valence-corrected chi connectivity index (χ0v) is 17.2. The van der Waals surface area contributed by atoms with Crippen LogP contribution in [0.15, 0.2) is 94.7 Å². The van der Waals surface area contributed by atoms with Gasteiger partial charge in [0.05, 0.1) is 21.8 Å². The van der Waals surface area contributed by atoms with Gasteiger partial charge in [-0.25, -0.2) is 4.79 Å². The smallest absolute Gasteiger partial charge is 0.344 e. The van der Waals surface area contributed by atoms with E-state index in [4.69, 9.17) is 16.3 Å². The van der Waals surface area contributed by atoms with Crippen LogP contribution in [0.25, 0.3) is 5.69 Å².